The molecule has 1 aliphatic rings. The van der Waals surface area contributed by atoms with Crippen molar-refractivity contribution in [2.24, 2.45) is 0 Å². The summed E-state index contributed by atoms with van der Waals surface area (Å²) in [6.45, 7) is 1.41. The summed E-state index contributed by atoms with van der Waals surface area (Å²) in [4.78, 5) is 12.2. The smallest absolute Gasteiger partial charge is 0.308 e. The lowest BCUT2D eigenvalue weighted by molar-refractivity contribution is -0.131. The summed E-state index contributed by atoms with van der Waals surface area (Å²) in [7, 11) is 0. The van der Waals surface area contributed by atoms with Crippen LogP contribution in [0, 0.1) is 0 Å². The third-order valence-electron chi connectivity index (χ3n) is 4.25. The maximum Gasteiger partial charge on any atom is 0.308 e. The Hall–Kier alpha value is -1.45. The Morgan fingerprint density at radius 1 is 1.08 bits per heavy atom. The number of carbonyl (C=O) groups is 1. The van der Waals surface area contributed by atoms with Crippen LogP contribution in [0.25, 0.3) is 0 Å². The van der Waals surface area contributed by atoms with Crippen molar-refractivity contribution >= 4 is 29.3 Å². The zero-order chi connectivity index (χ0) is 16.9. The molecular weight excluding hydrogens is 340 g/mol. The number of aryl methyl sites for hydroxylation is 1. The molecule has 0 N–H and O–H groups in total. The molecule has 126 valence electrons. The van der Waals surface area contributed by atoms with Gasteiger partial charge in [-0.05, 0) is 60.6 Å². The normalized spacial score (nSPS) is 13.9. The number of rotatable bonds is 4. The average molecular weight is 361 g/mol. The zero-order valence-electron chi connectivity index (χ0n) is 13.8. The monoisotopic (exact) mass is 360 g/mol. The van der Waals surface area contributed by atoms with Crippen LogP contribution in [0.15, 0.2) is 41.3 Å². The standard InChI is InChI=1S/C20H21ClO2S/c1-14(22)23-17-10-7-15(8-11-17)13-24-20-18-6-4-2-3-5-16(18)9-12-19(20)21/h7-12H,2-6,13H2,1H3. The Morgan fingerprint density at radius 3 is 2.58 bits per heavy atom. The van der Waals surface area contributed by atoms with Gasteiger partial charge in [-0.15, -0.1) is 11.8 Å². The van der Waals surface area contributed by atoms with E-state index in [0.29, 0.717) is 5.75 Å². The number of hydrogen-bond donors (Lipinski definition) is 0. The number of halogens is 1. The number of esters is 1. The minimum atomic E-state index is -0.295. The van der Waals surface area contributed by atoms with Crippen LogP contribution in [0.4, 0.5) is 0 Å². The Balaban J connectivity index is 1.73. The van der Waals surface area contributed by atoms with E-state index in [9.17, 15) is 4.79 Å². The molecule has 0 heterocycles. The highest BCUT2D eigenvalue weighted by Crippen LogP contribution is 2.37. The summed E-state index contributed by atoms with van der Waals surface area (Å²) in [5.41, 5.74) is 4.10. The lowest BCUT2D eigenvalue weighted by atomic mass is 10.0. The van der Waals surface area contributed by atoms with Gasteiger partial charge in [-0.3, -0.25) is 4.79 Å². The van der Waals surface area contributed by atoms with Gasteiger partial charge in [-0.2, -0.15) is 0 Å². The predicted octanol–water partition coefficient (Wildman–Crippen LogP) is 5.83. The van der Waals surface area contributed by atoms with E-state index in [1.54, 1.807) is 11.8 Å². The maximum absolute atomic E-state index is 11.0. The molecule has 0 aromatic heterocycles. The van der Waals surface area contributed by atoms with Gasteiger partial charge in [0.25, 0.3) is 0 Å². The summed E-state index contributed by atoms with van der Waals surface area (Å²) >= 11 is 8.29. The van der Waals surface area contributed by atoms with Crippen LogP contribution >= 0.6 is 23.4 Å². The van der Waals surface area contributed by atoms with E-state index in [1.807, 2.05) is 30.3 Å². The molecule has 0 spiro atoms. The zero-order valence-corrected chi connectivity index (χ0v) is 15.4. The van der Waals surface area contributed by atoms with Crippen LogP contribution in [0.1, 0.15) is 42.9 Å². The highest BCUT2D eigenvalue weighted by molar-refractivity contribution is 7.98. The maximum atomic E-state index is 11.0. The van der Waals surface area contributed by atoms with Gasteiger partial charge in [0.1, 0.15) is 5.75 Å². The van der Waals surface area contributed by atoms with Crippen LogP contribution in [0.3, 0.4) is 0 Å². The number of carbonyl (C=O) groups excluding carboxylic acids is 1. The second-order valence-electron chi connectivity index (χ2n) is 6.10. The summed E-state index contributed by atoms with van der Waals surface area (Å²) in [6.07, 6.45) is 6.11. The van der Waals surface area contributed by atoms with Gasteiger partial charge in [-0.25, -0.2) is 0 Å². The fraction of sp³-hybridized carbons (Fsp3) is 0.350. The Labute approximate surface area is 152 Å². The lowest BCUT2D eigenvalue weighted by Crippen LogP contribution is -2.01. The Morgan fingerprint density at radius 2 is 1.83 bits per heavy atom. The van der Waals surface area contributed by atoms with Crippen LogP contribution < -0.4 is 4.74 Å². The van der Waals surface area contributed by atoms with Crippen LogP contribution in [0.5, 0.6) is 5.75 Å². The molecule has 0 radical (unpaired) electrons. The van der Waals surface area contributed by atoms with E-state index in [2.05, 4.69) is 6.07 Å². The first-order chi connectivity index (χ1) is 11.6. The number of benzene rings is 2. The third-order valence-corrected chi connectivity index (χ3v) is 5.91. The third kappa shape index (κ3) is 4.34. The van der Waals surface area contributed by atoms with Gasteiger partial charge in [0.2, 0.25) is 0 Å². The van der Waals surface area contributed by atoms with E-state index < -0.39 is 0 Å². The molecule has 0 atom stereocenters. The lowest BCUT2D eigenvalue weighted by Gasteiger charge is -2.14. The van der Waals surface area contributed by atoms with E-state index in [0.717, 1.165) is 23.6 Å². The van der Waals surface area contributed by atoms with Gasteiger partial charge >= 0.3 is 5.97 Å². The molecule has 24 heavy (non-hydrogen) atoms. The molecule has 0 aliphatic heterocycles. The first-order valence-electron chi connectivity index (χ1n) is 8.34. The number of hydrogen-bond acceptors (Lipinski definition) is 3. The van der Waals surface area contributed by atoms with E-state index >= 15 is 0 Å². The molecule has 2 aromatic rings. The number of thioether (sulfide) groups is 1. The predicted molar refractivity (Wildman–Crippen MR) is 100 cm³/mol. The fourth-order valence-corrected chi connectivity index (χ4v) is 4.53. The minimum Gasteiger partial charge on any atom is -0.427 e. The first kappa shape index (κ1) is 17.4. The molecule has 0 bridgehead atoms. The van der Waals surface area contributed by atoms with Gasteiger partial charge in [0.15, 0.2) is 0 Å². The largest absolute Gasteiger partial charge is 0.427 e. The van der Waals surface area contributed by atoms with Gasteiger partial charge in [0, 0.05) is 17.6 Å². The summed E-state index contributed by atoms with van der Waals surface area (Å²) in [5.74, 6) is 1.15. The van der Waals surface area contributed by atoms with Crippen molar-refractivity contribution in [3.05, 3.63) is 58.1 Å². The highest BCUT2D eigenvalue weighted by atomic mass is 35.5. The van der Waals surface area contributed by atoms with E-state index in [-0.39, 0.29) is 5.97 Å². The number of ether oxygens (including phenoxy) is 1. The highest BCUT2D eigenvalue weighted by Gasteiger charge is 2.15. The SMILES string of the molecule is CC(=O)Oc1ccc(CSc2c(Cl)ccc3c2CCCCC3)cc1. The molecule has 1 aliphatic carbocycles. The van der Waals surface area contributed by atoms with Gasteiger partial charge in [-0.1, -0.05) is 36.2 Å². The van der Waals surface area contributed by atoms with E-state index in [1.165, 1.54) is 47.8 Å². The molecule has 0 saturated heterocycles. The second kappa shape index (κ2) is 8.09. The first-order valence-corrected chi connectivity index (χ1v) is 9.70. The summed E-state index contributed by atoms with van der Waals surface area (Å²) in [6, 6.07) is 11.9. The molecule has 2 aromatic carbocycles. The topological polar surface area (TPSA) is 26.3 Å². The Kier molecular flexibility index (Phi) is 5.85. The fourth-order valence-electron chi connectivity index (χ4n) is 3.07. The molecule has 2 nitrogen and oxygen atoms in total. The average Bonchev–Trinajstić information content (AvgIpc) is 2.80. The molecule has 0 amide bonds. The molecular formula is C20H21ClO2S. The van der Waals surface area contributed by atoms with Crippen molar-refractivity contribution in [3.63, 3.8) is 0 Å². The van der Waals surface area contributed by atoms with Crippen molar-refractivity contribution < 1.29 is 9.53 Å². The van der Waals surface area contributed by atoms with Crippen molar-refractivity contribution in [2.45, 2.75) is 49.7 Å². The van der Waals surface area contributed by atoms with Gasteiger partial charge in [0.05, 0.1) is 5.02 Å². The Bertz CT molecular complexity index is 725. The molecule has 0 fully saturated rings. The van der Waals surface area contributed by atoms with Crippen molar-refractivity contribution in [1.82, 2.24) is 0 Å². The molecule has 0 unspecified atom stereocenters. The van der Waals surface area contributed by atoms with Gasteiger partial charge < -0.3 is 4.74 Å². The number of fused-ring (bicyclic) bond motifs is 1. The summed E-state index contributed by atoms with van der Waals surface area (Å²) in [5, 5.41) is 0.859. The molecule has 4 heteroatoms. The molecule has 3 rings (SSSR count). The van der Waals surface area contributed by atoms with Crippen molar-refractivity contribution in [2.75, 3.05) is 0 Å². The second-order valence-corrected chi connectivity index (χ2v) is 7.49. The van der Waals surface area contributed by atoms with Crippen LogP contribution in [-0.2, 0) is 23.4 Å². The minimum absolute atomic E-state index is 0.295. The van der Waals surface area contributed by atoms with E-state index in [4.69, 9.17) is 16.3 Å². The van der Waals surface area contributed by atoms with Crippen LogP contribution in [0.2, 0.25) is 5.02 Å². The van der Waals surface area contributed by atoms with Crippen molar-refractivity contribution in [1.29, 1.82) is 0 Å². The van der Waals surface area contributed by atoms with Crippen LogP contribution in [-0.4, -0.2) is 5.97 Å². The summed E-state index contributed by atoms with van der Waals surface area (Å²) < 4.78 is 5.07. The molecule has 0 saturated carbocycles. The van der Waals surface area contributed by atoms with Crippen molar-refractivity contribution in [3.8, 4) is 5.75 Å². The quantitative estimate of drug-likeness (QED) is 0.297.